The van der Waals surface area contributed by atoms with Gasteiger partial charge in [-0.15, -0.1) is 0 Å². The molecule has 3 heteroatoms. The second kappa shape index (κ2) is 4.15. The Labute approximate surface area is 102 Å². The molecule has 1 saturated carbocycles. The van der Waals surface area contributed by atoms with Crippen molar-refractivity contribution in [2.24, 2.45) is 4.99 Å². The number of aliphatic hydroxyl groups is 1. The van der Waals surface area contributed by atoms with E-state index in [-0.39, 0.29) is 6.10 Å². The predicted octanol–water partition coefficient (Wildman–Crippen LogP) is 1.63. The molecule has 0 aromatic heterocycles. The topological polar surface area (TPSA) is 44.6 Å². The zero-order chi connectivity index (χ0) is 11.8. The number of rotatable bonds is 1. The van der Waals surface area contributed by atoms with E-state index in [0.29, 0.717) is 12.1 Å². The molecule has 0 spiro atoms. The maximum Gasteiger partial charge on any atom is 0.129 e. The van der Waals surface area contributed by atoms with Gasteiger partial charge in [-0.2, -0.15) is 0 Å². The fraction of sp³-hybridized carbons (Fsp3) is 0.500. The van der Waals surface area contributed by atoms with E-state index in [0.717, 1.165) is 25.1 Å². The van der Waals surface area contributed by atoms with Crippen molar-refractivity contribution < 1.29 is 5.11 Å². The van der Waals surface area contributed by atoms with Gasteiger partial charge in [-0.1, -0.05) is 24.3 Å². The Morgan fingerprint density at radius 3 is 2.94 bits per heavy atom. The van der Waals surface area contributed by atoms with Crippen LogP contribution in [0.15, 0.2) is 29.3 Å². The van der Waals surface area contributed by atoms with Crippen molar-refractivity contribution in [3.63, 3.8) is 0 Å². The van der Waals surface area contributed by atoms with Crippen molar-refractivity contribution in [2.45, 2.75) is 44.4 Å². The number of aliphatic imine (C=N–C) groups is 1. The third-order valence-corrected chi connectivity index (χ3v) is 3.80. The summed E-state index contributed by atoms with van der Waals surface area (Å²) in [6, 6.07) is 8.99. The lowest BCUT2D eigenvalue weighted by molar-refractivity contribution is 0.112. The van der Waals surface area contributed by atoms with Crippen LogP contribution in [0.2, 0.25) is 0 Å². The molecule has 3 atom stereocenters. The average molecular weight is 230 g/mol. The number of aryl methyl sites for hydroxylation is 1. The largest absolute Gasteiger partial charge is 0.393 e. The Hall–Kier alpha value is -1.35. The number of nitrogens with zero attached hydrogens (tertiary/aromatic N) is 1. The second-order valence-corrected chi connectivity index (χ2v) is 5.08. The first-order valence-electron chi connectivity index (χ1n) is 6.32. The molecule has 2 N–H and O–H groups in total. The maximum absolute atomic E-state index is 9.68. The molecule has 0 bridgehead atoms. The van der Waals surface area contributed by atoms with Gasteiger partial charge in [-0.25, -0.2) is 0 Å². The minimum Gasteiger partial charge on any atom is -0.393 e. The monoisotopic (exact) mass is 230 g/mol. The molecule has 17 heavy (non-hydrogen) atoms. The molecule has 1 aliphatic carbocycles. The summed E-state index contributed by atoms with van der Waals surface area (Å²) in [4.78, 5) is 4.77. The van der Waals surface area contributed by atoms with Crippen LogP contribution in [0.3, 0.4) is 0 Å². The van der Waals surface area contributed by atoms with E-state index in [1.807, 2.05) is 12.1 Å². The summed E-state index contributed by atoms with van der Waals surface area (Å²) in [5.41, 5.74) is 2.44. The van der Waals surface area contributed by atoms with Crippen LogP contribution in [0.4, 0.5) is 0 Å². The van der Waals surface area contributed by atoms with Gasteiger partial charge in [0, 0.05) is 5.56 Å². The van der Waals surface area contributed by atoms with Crippen LogP contribution in [-0.2, 0) is 0 Å². The smallest absolute Gasteiger partial charge is 0.129 e. The second-order valence-electron chi connectivity index (χ2n) is 5.08. The molecule has 0 radical (unpaired) electrons. The Morgan fingerprint density at radius 1 is 1.29 bits per heavy atom. The Kier molecular flexibility index (Phi) is 2.63. The van der Waals surface area contributed by atoms with Crippen LogP contribution in [0.25, 0.3) is 0 Å². The van der Waals surface area contributed by atoms with Gasteiger partial charge in [0.05, 0.1) is 18.2 Å². The number of amidine groups is 1. The fourth-order valence-corrected chi connectivity index (χ4v) is 2.81. The van der Waals surface area contributed by atoms with E-state index in [1.165, 1.54) is 11.1 Å². The number of nitrogens with one attached hydrogen (secondary N) is 1. The van der Waals surface area contributed by atoms with E-state index >= 15 is 0 Å². The van der Waals surface area contributed by atoms with Gasteiger partial charge in [0.1, 0.15) is 5.84 Å². The fourth-order valence-electron chi connectivity index (χ4n) is 2.81. The van der Waals surface area contributed by atoms with Gasteiger partial charge in [-0.05, 0) is 31.7 Å². The molecule has 3 rings (SSSR count). The normalized spacial score (nSPS) is 31.6. The van der Waals surface area contributed by atoms with Crippen molar-refractivity contribution in [1.82, 2.24) is 5.32 Å². The van der Waals surface area contributed by atoms with E-state index in [4.69, 9.17) is 4.99 Å². The molecule has 1 aromatic rings. The lowest BCUT2D eigenvalue weighted by Gasteiger charge is -2.27. The highest BCUT2D eigenvalue weighted by Crippen LogP contribution is 2.27. The zero-order valence-electron chi connectivity index (χ0n) is 10.1. The Balaban J connectivity index is 1.85. The van der Waals surface area contributed by atoms with Gasteiger partial charge < -0.3 is 10.4 Å². The highest BCUT2D eigenvalue weighted by atomic mass is 16.3. The molecule has 1 aromatic carbocycles. The number of fused-ring (bicyclic) bond motifs is 1. The van der Waals surface area contributed by atoms with Crippen LogP contribution in [-0.4, -0.2) is 29.1 Å². The lowest BCUT2D eigenvalue weighted by Crippen LogP contribution is -2.41. The maximum atomic E-state index is 9.68. The Bertz CT molecular complexity index is 455. The van der Waals surface area contributed by atoms with Gasteiger partial charge in [0.2, 0.25) is 0 Å². The molecule has 90 valence electrons. The van der Waals surface area contributed by atoms with Crippen LogP contribution in [0.1, 0.15) is 30.4 Å². The van der Waals surface area contributed by atoms with E-state index < -0.39 is 0 Å². The Morgan fingerprint density at radius 2 is 2.12 bits per heavy atom. The van der Waals surface area contributed by atoms with Crippen LogP contribution in [0, 0.1) is 6.92 Å². The summed E-state index contributed by atoms with van der Waals surface area (Å²) in [5.74, 6) is 1.01. The summed E-state index contributed by atoms with van der Waals surface area (Å²) < 4.78 is 0. The first-order valence-corrected chi connectivity index (χ1v) is 6.32. The molecule has 0 saturated heterocycles. The van der Waals surface area contributed by atoms with Gasteiger partial charge in [0.15, 0.2) is 0 Å². The number of aliphatic hydroxyl groups excluding tert-OH is 1. The van der Waals surface area contributed by atoms with Crippen molar-refractivity contribution in [1.29, 1.82) is 0 Å². The summed E-state index contributed by atoms with van der Waals surface area (Å²) in [6.07, 6.45) is 2.54. The molecule has 1 aliphatic heterocycles. The number of hydrogen-bond acceptors (Lipinski definition) is 3. The molecule has 0 amide bonds. The van der Waals surface area contributed by atoms with Gasteiger partial charge in [0.25, 0.3) is 0 Å². The van der Waals surface area contributed by atoms with E-state index in [1.54, 1.807) is 0 Å². The predicted molar refractivity (Wildman–Crippen MR) is 68.3 cm³/mol. The molecule has 3 nitrogen and oxygen atoms in total. The molecule has 1 heterocycles. The summed E-state index contributed by atoms with van der Waals surface area (Å²) >= 11 is 0. The summed E-state index contributed by atoms with van der Waals surface area (Å²) in [6.45, 7) is 2.11. The molecule has 1 fully saturated rings. The molecule has 2 aliphatic rings. The van der Waals surface area contributed by atoms with Crippen LogP contribution in [0.5, 0.6) is 0 Å². The number of hydrogen-bond donors (Lipinski definition) is 2. The van der Waals surface area contributed by atoms with Gasteiger partial charge >= 0.3 is 0 Å². The third-order valence-electron chi connectivity index (χ3n) is 3.80. The summed E-state index contributed by atoms with van der Waals surface area (Å²) in [5, 5.41) is 13.1. The minimum atomic E-state index is -0.157. The highest BCUT2D eigenvalue weighted by Gasteiger charge is 2.34. The third kappa shape index (κ3) is 1.95. The van der Waals surface area contributed by atoms with Gasteiger partial charge in [-0.3, -0.25) is 4.99 Å². The highest BCUT2D eigenvalue weighted by molar-refractivity contribution is 6.01. The SMILES string of the molecule is Cc1ccccc1C1=NC2CCC(O)CC2N1. The standard InChI is InChI=1S/C14H18N2O/c1-9-4-2-3-5-11(9)14-15-12-7-6-10(17)8-13(12)16-14/h2-5,10,12-13,17H,6-8H2,1H3,(H,15,16). The average Bonchev–Trinajstić information content (AvgIpc) is 2.72. The van der Waals surface area contributed by atoms with Crippen LogP contribution < -0.4 is 5.32 Å². The van der Waals surface area contributed by atoms with Crippen molar-refractivity contribution in [3.05, 3.63) is 35.4 Å². The minimum absolute atomic E-state index is 0.157. The van der Waals surface area contributed by atoms with E-state index in [2.05, 4.69) is 24.4 Å². The zero-order valence-corrected chi connectivity index (χ0v) is 10.1. The molecular formula is C14H18N2O. The van der Waals surface area contributed by atoms with Crippen molar-refractivity contribution >= 4 is 5.84 Å². The van der Waals surface area contributed by atoms with E-state index in [9.17, 15) is 5.11 Å². The van der Waals surface area contributed by atoms with Crippen LogP contribution >= 0.6 is 0 Å². The number of benzene rings is 1. The first kappa shape index (κ1) is 10.8. The lowest BCUT2D eigenvalue weighted by atomic mass is 9.90. The molecular weight excluding hydrogens is 212 g/mol. The first-order chi connectivity index (χ1) is 8.24. The van der Waals surface area contributed by atoms with Crippen molar-refractivity contribution in [2.75, 3.05) is 0 Å². The summed E-state index contributed by atoms with van der Waals surface area (Å²) in [7, 11) is 0. The quantitative estimate of drug-likeness (QED) is 0.770. The van der Waals surface area contributed by atoms with Crippen molar-refractivity contribution in [3.8, 4) is 0 Å². The molecule has 3 unspecified atom stereocenters.